The lowest BCUT2D eigenvalue weighted by molar-refractivity contribution is -0.127. The number of ether oxygens (including phenoxy) is 2. The number of benzene rings is 2. The zero-order valence-corrected chi connectivity index (χ0v) is 26.9. The summed E-state index contributed by atoms with van der Waals surface area (Å²) in [5.74, 6) is 1.44. The number of allylic oxidation sites excluding steroid dienone is 1. The summed E-state index contributed by atoms with van der Waals surface area (Å²) in [7, 11) is 0.650. The van der Waals surface area contributed by atoms with Gasteiger partial charge in [0.05, 0.1) is 53.3 Å². The molecule has 0 aliphatic carbocycles. The van der Waals surface area contributed by atoms with Crippen LogP contribution in [0, 0.1) is 10.8 Å². The second kappa shape index (κ2) is 11.4. The van der Waals surface area contributed by atoms with Crippen LogP contribution in [0.1, 0.15) is 5.56 Å². The lowest BCUT2D eigenvalue weighted by Crippen LogP contribution is -2.66. The minimum Gasteiger partial charge on any atom is -0.494 e. The van der Waals surface area contributed by atoms with Gasteiger partial charge in [0.2, 0.25) is 5.95 Å². The number of H-pyrrole nitrogens is 1. The van der Waals surface area contributed by atoms with Gasteiger partial charge < -0.3 is 45.3 Å². The highest BCUT2D eigenvalue weighted by Crippen LogP contribution is 2.46. The van der Waals surface area contributed by atoms with Gasteiger partial charge in [0, 0.05) is 74.0 Å². The quantitative estimate of drug-likeness (QED) is 0.106. The Morgan fingerprint density at radius 3 is 2.61 bits per heavy atom. The summed E-state index contributed by atoms with van der Waals surface area (Å²) in [5.41, 5.74) is 5.90. The highest BCUT2D eigenvalue weighted by Gasteiger charge is 2.49. The van der Waals surface area contributed by atoms with Gasteiger partial charge >= 0.3 is 0 Å². The highest BCUT2D eigenvalue weighted by atomic mass is 31.2. The second-order valence-corrected chi connectivity index (χ2v) is 15.2. The number of nitrogens with one attached hydrogen (secondary N) is 5. The molecule has 5 aromatic rings. The number of aromatic amines is 1. The molecule has 13 nitrogen and oxygen atoms in total. The van der Waals surface area contributed by atoms with Crippen LogP contribution >= 0.6 is 7.14 Å². The van der Waals surface area contributed by atoms with Crippen molar-refractivity contribution < 1.29 is 14.0 Å². The molecule has 2 aliphatic heterocycles. The third-order valence-electron chi connectivity index (χ3n) is 8.36. The Kier molecular flexibility index (Phi) is 7.37. The van der Waals surface area contributed by atoms with E-state index in [0.29, 0.717) is 56.4 Å². The SMILES string of the molecule is CN/C=C(\C=N)c1cc(Nc2nc(Nc3ccc4nccnc4c3P(C)(C)=O)c3cc[nH]c3n2)c(OC)cc1N1CC2(COC2)C1. The number of rotatable bonds is 10. The van der Waals surface area contributed by atoms with Gasteiger partial charge in [0.1, 0.15) is 29.9 Å². The van der Waals surface area contributed by atoms with Crippen molar-refractivity contribution in [2.24, 2.45) is 5.41 Å². The molecule has 1 spiro atoms. The Bertz CT molecular complexity index is 2060. The number of hydrogen-bond acceptors (Lipinski definition) is 12. The van der Waals surface area contributed by atoms with Crippen LogP contribution in [0.3, 0.4) is 0 Å². The van der Waals surface area contributed by atoms with Crippen molar-refractivity contribution in [3.8, 4) is 5.75 Å². The molecule has 0 amide bonds. The summed E-state index contributed by atoms with van der Waals surface area (Å²) in [6, 6.07) is 9.55. The Morgan fingerprint density at radius 2 is 1.91 bits per heavy atom. The van der Waals surface area contributed by atoms with Gasteiger partial charge in [-0.2, -0.15) is 9.97 Å². The van der Waals surface area contributed by atoms with Crippen LogP contribution in [0.4, 0.5) is 28.8 Å². The number of hydrogen-bond donors (Lipinski definition) is 5. The summed E-state index contributed by atoms with van der Waals surface area (Å²) in [6.07, 6.45) is 8.16. The number of fused-ring (bicyclic) bond motifs is 2. The first-order chi connectivity index (χ1) is 22.2. The van der Waals surface area contributed by atoms with Gasteiger partial charge in [0.25, 0.3) is 0 Å². The maximum atomic E-state index is 13.5. The topological polar surface area (TPSA) is 166 Å². The molecule has 2 saturated heterocycles. The van der Waals surface area contributed by atoms with E-state index in [1.54, 1.807) is 45.2 Å². The minimum atomic E-state index is -2.79. The van der Waals surface area contributed by atoms with E-state index >= 15 is 0 Å². The van der Waals surface area contributed by atoms with E-state index in [1.807, 2.05) is 37.4 Å². The van der Waals surface area contributed by atoms with Crippen molar-refractivity contribution in [2.45, 2.75) is 0 Å². The van der Waals surface area contributed by atoms with Gasteiger partial charge in [-0.1, -0.05) is 0 Å². The molecule has 236 valence electrons. The highest BCUT2D eigenvalue weighted by molar-refractivity contribution is 7.71. The lowest BCUT2D eigenvalue weighted by atomic mass is 9.77. The van der Waals surface area contributed by atoms with Gasteiger partial charge in [0.15, 0.2) is 0 Å². The Balaban J connectivity index is 1.29. The molecule has 0 unspecified atom stereocenters. The molecule has 0 atom stereocenters. The molecule has 5 N–H and O–H groups in total. The Morgan fingerprint density at radius 1 is 1.11 bits per heavy atom. The smallest absolute Gasteiger partial charge is 0.231 e. The molecule has 14 heteroatoms. The summed E-state index contributed by atoms with van der Waals surface area (Å²) in [4.78, 5) is 24.0. The van der Waals surface area contributed by atoms with Crippen molar-refractivity contribution in [3.63, 3.8) is 0 Å². The number of aromatic nitrogens is 5. The van der Waals surface area contributed by atoms with Gasteiger partial charge in [-0.25, -0.2) is 0 Å². The molecule has 3 aromatic heterocycles. The van der Waals surface area contributed by atoms with E-state index in [2.05, 4.69) is 35.8 Å². The first-order valence-corrected chi connectivity index (χ1v) is 17.4. The molecule has 2 aliphatic rings. The molecule has 2 aromatic carbocycles. The normalized spacial score (nSPS) is 15.8. The number of methoxy groups -OCH3 is 1. The second-order valence-electron chi connectivity index (χ2n) is 12.1. The molecule has 0 radical (unpaired) electrons. The maximum absolute atomic E-state index is 13.5. The largest absolute Gasteiger partial charge is 0.494 e. The molecule has 46 heavy (non-hydrogen) atoms. The van der Waals surface area contributed by atoms with Crippen LogP contribution in [0.25, 0.3) is 27.6 Å². The van der Waals surface area contributed by atoms with Crippen molar-refractivity contribution >= 4 is 75.1 Å². The predicted molar refractivity (Wildman–Crippen MR) is 183 cm³/mol. The van der Waals surface area contributed by atoms with Crippen molar-refractivity contribution in [3.05, 3.63) is 60.7 Å². The maximum Gasteiger partial charge on any atom is 0.231 e. The fraction of sp³-hybridized carbons (Fsp3) is 0.281. The first kappa shape index (κ1) is 29.7. The zero-order chi connectivity index (χ0) is 32.1. The van der Waals surface area contributed by atoms with Crippen LogP contribution in [0.15, 0.2) is 55.1 Å². The van der Waals surface area contributed by atoms with Crippen LogP contribution < -0.4 is 30.9 Å². The van der Waals surface area contributed by atoms with E-state index in [9.17, 15) is 4.57 Å². The molecular weight excluding hydrogens is 603 g/mol. The summed E-state index contributed by atoms with van der Waals surface area (Å²) >= 11 is 0. The fourth-order valence-corrected chi connectivity index (χ4v) is 7.59. The molecule has 0 saturated carbocycles. The fourth-order valence-electron chi connectivity index (χ4n) is 6.20. The Hall–Kier alpha value is -5.00. The Labute approximate surface area is 265 Å². The van der Waals surface area contributed by atoms with E-state index < -0.39 is 7.14 Å². The average Bonchev–Trinajstić information content (AvgIpc) is 3.47. The van der Waals surface area contributed by atoms with Gasteiger partial charge in [-0.15, -0.1) is 0 Å². The van der Waals surface area contributed by atoms with Gasteiger partial charge in [-0.05, 0) is 37.6 Å². The molecule has 2 fully saturated rings. The van der Waals surface area contributed by atoms with Crippen LogP contribution in [-0.2, 0) is 9.30 Å². The number of anilines is 5. The van der Waals surface area contributed by atoms with Crippen LogP contribution in [0.5, 0.6) is 5.75 Å². The molecule has 7 rings (SSSR count). The third kappa shape index (κ3) is 5.21. The van der Waals surface area contributed by atoms with Crippen molar-refractivity contribution in [1.29, 1.82) is 5.41 Å². The molecule has 5 heterocycles. The van der Waals surface area contributed by atoms with E-state index in [1.165, 1.54) is 6.21 Å². The predicted octanol–water partition coefficient (Wildman–Crippen LogP) is 4.69. The van der Waals surface area contributed by atoms with E-state index in [4.69, 9.17) is 24.9 Å². The first-order valence-electron chi connectivity index (χ1n) is 14.8. The van der Waals surface area contributed by atoms with Crippen LogP contribution in [0.2, 0.25) is 0 Å². The summed E-state index contributed by atoms with van der Waals surface area (Å²) in [5, 5.41) is 19.4. The lowest BCUT2D eigenvalue weighted by Gasteiger charge is -2.56. The van der Waals surface area contributed by atoms with E-state index in [-0.39, 0.29) is 5.41 Å². The van der Waals surface area contributed by atoms with Crippen molar-refractivity contribution in [1.82, 2.24) is 30.2 Å². The monoisotopic (exact) mass is 638 g/mol. The van der Waals surface area contributed by atoms with Gasteiger partial charge in [-0.3, -0.25) is 9.97 Å². The zero-order valence-electron chi connectivity index (χ0n) is 26.0. The van der Waals surface area contributed by atoms with Crippen LogP contribution in [-0.4, -0.2) is 84.9 Å². The van der Waals surface area contributed by atoms with E-state index in [0.717, 1.165) is 42.9 Å². The molecular formula is C32H35N10O3P. The minimum absolute atomic E-state index is 0.211. The summed E-state index contributed by atoms with van der Waals surface area (Å²) < 4.78 is 24.9. The third-order valence-corrected chi connectivity index (χ3v) is 9.89. The number of nitrogens with zero attached hydrogens (tertiary/aromatic N) is 5. The van der Waals surface area contributed by atoms with Crippen molar-refractivity contribution in [2.75, 3.05) is 69.3 Å². The molecule has 0 bridgehead atoms. The summed E-state index contributed by atoms with van der Waals surface area (Å²) in [6.45, 7) is 6.76. The standard InChI is InChI=1S/C32H35N10O3P/c1-34-14-19(13-33)21-11-24(26(44-2)12-25(21)42-15-32(16-42)17-45-18-32)39-31-40-29-20(7-8-37-29)30(41-31)38-23-6-5-22-27(36-10-9-35-22)28(23)46(3,4)43/h5-14,33-34H,15-18H2,1-4H3,(H3,37,38,39,40,41)/b19-14+,33-13?. The average molecular weight is 639 g/mol.